The van der Waals surface area contributed by atoms with Crippen molar-refractivity contribution in [2.45, 2.75) is 44.7 Å². The average Bonchev–Trinajstić information content (AvgIpc) is 3.29. The molecule has 1 aliphatic heterocycles. The lowest BCUT2D eigenvalue weighted by Gasteiger charge is -2.37. The number of hydrogen-bond donors (Lipinski definition) is 3. The van der Waals surface area contributed by atoms with Crippen LogP contribution in [0.5, 0.6) is 0 Å². The van der Waals surface area contributed by atoms with Gasteiger partial charge in [-0.15, -0.1) is 0 Å². The summed E-state index contributed by atoms with van der Waals surface area (Å²) in [4.78, 5) is 52.3. The highest BCUT2D eigenvalue weighted by molar-refractivity contribution is 5.98. The van der Waals surface area contributed by atoms with Crippen LogP contribution in [0.15, 0.2) is 78.9 Å². The summed E-state index contributed by atoms with van der Waals surface area (Å²) in [6, 6.07) is 23.1. The minimum atomic E-state index is -1.17. The first-order valence-electron chi connectivity index (χ1n) is 13.9. The van der Waals surface area contributed by atoms with Crippen molar-refractivity contribution in [1.82, 2.24) is 21.1 Å². The van der Waals surface area contributed by atoms with Crippen molar-refractivity contribution in [3.63, 3.8) is 0 Å². The smallest absolute Gasteiger partial charge is 0.407 e. The summed E-state index contributed by atoms with van der Waals surface area (Å²) in [5, 5.41) is 6.47. The minimum absolute atomic E-state index is 0.0743. The van der Waals surface area contributed by atoms with Crippen molar-refractivity contribution in [3.05, 3.63) is 95.6 Å². The number of hydrazine groups is 1. The van der Waals surface area contributed by atoms with Crippen LogP contribution in [0.25, 0.3) is 11.1 Å². The molecule has 0 radical (unpaired) electrons. The fraction of sp³-hybridized carbons (Fsp3) is 0.312. The van der Waals surface area contributed by atoms with E-state index in [1.54, 1.807) is 0 Å². The van der Waals surface area contributed by atoms with E-state index in [4.69, 9.17) is 4.74 Å². The van der Waals surface area contributed by atoms with Gasteiger partial charge in [0.05, 0.1) is 6.42 Å². The molecule has 9 nitrogen and oxygen atoms in total. The Morgan fingerprint density at radius 1 is 0.927 bits per heavy atom. The lowest BCUT2D eigenvalue weighted by Crippen LogP contribution is -2.66. The summed E-state index contributed by atoms with van der Waals surface area (Å²) in [5.74, 6) is -1.40. The molecule has 0 bridgehead atoms. The van der Waals surface area contributed by atoms with Gasteiger partial charge in [-0.05, 0) is 33.7 Å². The standard InChI is InChI=1S/C32H34N4O5/c1-20(2)18-33-30(38)28(16-21-10-4-3-5-11-21)36-31(39)27(17-29(37)35-36)34-32(40)41-19-26-24-14-8-6-12-22(24)23-13-7-9-15-25(23)26/h3-15,20,26-28H,16-19H2,1-2H3,(H,33,38)(H,34,40)(H,35,37)/t27-,28+/m1/s1. The number of nitrogens with zero attached hydrogens (tertiary/aromatic N) is 1. The first kappa shape index (κ1) is 27.9. The summed E-state index contributed by atoms with van der Waals surface area (Å²) in [5.41, 5.74) is 7.71. The zero-order valence-electron chi connectivity index (χ0n) is 23.1. The van der Waals surface area contributed by atoms with Gasteiger partial charge in [-0.1, -0.05) is 92.7 Å². The van der Waals surface area contributed by atoms with Gasteiger partial charge < -0.3 is 15.4 Å². The zero-order valence-corrected chi connectivity index (χ0v) is 23.1. The molecule has 1 fully saturated rings. The number of ether oxygens (including phenoxy) is 1. The normalized spacial score (nSPS) is 17.0. The Hall–Kier alpha value is -4.66. The van der Waals surface area contributed by atoms with Crippen LogP contribution in [-0.4, -0.2) is 54.1 Å². The first-order valence-corrected chi connectivity index (χ1v) is 13.9. The number of alkyl carbamates (subject to hydrolysis) is 1. The van der Waals surface area contributed by atoms with Gasteiger partial charge in [0.25, 0.3) is 5.91 Å². The van der Waals surface area contributed by atoms with Crippen LogP contribution in [0, 0.1) is 5.92 Å². The maximum absolute atomic E-state index is 13.5. The molecule has 0 spiro atoms. The fourth-order valence-electron chi connectivity index (χ4n) is 5.36. The molecule has 3 aromatic carbocycles. The monoisotopic (exact) mass is 554 g/mol. The Balaban J connectivity index is 1.28. The second-order valence-corrected chi connectivity index (χ2v) is 10.8. The third-order valence-corrected chi connectivity index (χ3v) is 7.38. The van der Waals surface area contributed by atoms with Crippen LogP contribution in [0.3, 0.4) is 0 Å². The lowest BCUT2D eigenvalue weighted by molar-refractivity contribution is -0.155. The van der Waals surface area contributed by atoms with Crippen LogP contribution in [0.4, 0.5) is 4.79 Å². The summed E-state index contributed by atoms with van der Waals surface area (Å²) < 4.78 is 5.60. The molecule has 41 heavy (non-hydrogen) atoms. The van der Waals surface area contributed by atoms with Gasteiger partial charge in [-0.25, -0.2) is 9.80 Å². The number of nitrogens with one attached hydrogen (secondary N) is 3. The van der Waals surface area contributed by atoms with Gasteiger partial charge in [-0.3, -0.25) is 19.8 Å². The maximum Gasteiger partial charge on any atom is 0.407 e. The molecule has 3 N–H and O–H groups in total. The van der Waals surface area contributed by atoms with Crippen LogP contribution in [0.2, 0.25) is 0 Å². The predicted octanol–water partition coefficient (Wildman–Crippen LogP) is 3.54. The molecule has 0 saturated carbocycles. The molecule has 1 heterocycles. The van der Waals surface area contributed by atoms with Crippen LogP contribution in [-0.2, 0) is 25.5 Å². The summed E-state index contributed by atoms with van der Waals surface area (Å²) in [6.45, 7) is 4.43. The average molecular weight is 555 g/mol. The summed E-state index contributed by atoms with van der Waals surface area (Å²) in [6.07, 6.45) is -0.872. The van der Waals surface area contributed by atoms with E-state index in [1.165, 1.54) is 0 Å². The van der Waals surface area contributed by atoms with Crippen molar-refractivity contribution in [2.75, 3.05) is 13.2 Å². The summed E-state index contributed by atoms with van der Waals surface area (Å²) in [7, 11) is 0. The van der Waals surface area contributed by atoms with Crippen LogP contribution in [0.1, 0.15) is 42.9 Å². The Morgan fingerprint density at radius 2 is 1.54 bits per heavy atom. The van der Waals surface area contributed by atoms with E-state index < -0.39 is 35.9 Å². The van der Waals surface area contributed by atoms with Gasteiger partial charge in [0, 0.05) is 18.9 Å². The number of rotatable bonds is 9. The third kappa shape index (κ3) is 6.24. The largest absolute Gasteiger partial charge is 0.449 e. The third-order valence-electron chi connectivity index (χ3n) is 7.38. The Bertz CT molecular complexity index is 1400. The highest BCUT2D eigenvalue weighted by Gasteiger charge is 2.41. The number of carbonyl (C=O) groups is 4. The number of carbonyl (C=O) groups excluding carboxylic acids is 4. The molecular weight excluding hydrogens is 520 g/mol. The van der Waals surface area contributed by atoms with Crippen molar-refractivity contribution in [2.24, 2.45) is 5.92 Å². The number of benzene rings is 3. The van der Waals surface area contributed by atoms with Gasteiger partial charge in [0.2, 0.25) is 11.8 Å². The van der Waals surface area contributed by atoms with Crippen molar-refractivity contribution < 1.29 is 23.9 Å². The molecule has 0 aromatic heterocycles. The number of fused-ring (bicyclic) bond motifs is 3. The molecule has 9 heteroatoms. The van der Waals surface area contributed by atoms with Crippen molar-refractivity contribution in [3.8, 4) is 11.1 Å². The SMILES string of the molecule is CC(C)CNC(=O)[C@H](Cc1ccccc1)N1NC(=O)C[C@@H](NC(=O)OCC2c3ccccc3-c3ccccc32)C1=O. The van der Waals surface area contributed by atoms with Crippen molar-refractivity contribution in [1.29, 1.82) is 0 Å². The van der Waals surface area contributed by atoms with Gasteiger partial charge >= 0.3 is 6.09 Å². The molecule has 1 aliphatic carbocycles. The highest BCUT2D eigenvalue weighted by atomic mass is 16.5. The highest BCUT2D eigenvalue weighted by Crippen LogP contribution is 2.44. The topological polar surface area (TPSA) is 117 Å². The predicted molar refractivity (Wildman–Crippen MR) is 153 cm³/mol. The first-order chi connectivity index (χ1) is 19.8. The lowest BCUT2D eigenvalue weighted by atomic mass is 9.98. The van der Waals surface area contributed by atoms with E-state index in [0.29, 0.717) is 6.54 Å². The van der Waals surface area contributed by atoms with Crippen molar-refractivity contribution >= 4 is 23.8 Å². The number of amides is 4. The number of hydrogen-bond acceptors (Lipinski definition) is 5. The van der Waals surface area contributed by atoms with Gasteiger partial charge in [0.1, 0.15) is 18.7 Å². The van der Waals surface area contributed by atoms with E-state index in [9.17, 15) is 19.2 Å². The minimum Gasteiger partial charge on any atom is -0.449 e. The van der Waals surface area contributed by atoms with E-state index in [-0.39, 0.29) is 31.3 Å². The van der Waals surface area contributed by atoms with Crippen LogP contribution >= 0.6 is 0 Å². The molecule has 0 unspecified atom stereocenters. The van der Waals surface area contributed by atoms with Gasteiger partial charge in [0.15, 0.2) is 0 Å². The van der Waals surface area contributed by atoms with E-state index in [1.807, 2.05) is 92.7 Å². The zero-order chi connectivity index (χ0) is 28.9. The molecular formula is C32H34N4O5. The summed E-state index contributed by atoms with van der Waals surface area (Å²) >= 11 is 0. The molecule has 2 aliphatic rings. The molecule has 1 saturated heterocycles. The molecule has 3 aromatic rings. The van der Waals surface area contributed by atoms with E-state index >= 15 is 0 Å². The second kappa shape index (κ2) is 12.2. The molecule has 212 valence electrons. The fourth-order valence-corrected chi connectivity index (χ4v) is 5.36. The second-order valence-electron chi connectivity index (χ2n) is 10.8. The van der Waals surface area contributed by atoms with E-state index in [0.717, 1.165) is 32.8 Å². The molecule has 5 rings (SSSR count). The quantitative estimate of drug-likeness (QED) is 0.374. The Kier molecular flexibility index (Phi) is 8.33. The van der Waals surface area contributed by atoms with E-state index in [2.05, 4.69) is 16.1 Å². The maximum atomic E-state index is 13.5. The Labute approximate surface area is 239 Å². The Morgan fingerprint density at radius 3 is 2.17 bits per heavy atom. The van der Waals surface area contributed by atoms with Crippen LogP contribution < -0.4 is 16.1 Å². The molecule has 4 amide bonds. The molecule has 2 atom stereocenters. The van der Waals surface area contributed by atoms with Gasteiger partial charge in [-0.2, -0.15) is 0 Å².